The molecule has 4 nitrogen and oxygen atoms in total. The van der Waals surface area contributed by atoms with Gasteiger partial charge in [0.05, 0.1) is 24.6 Å². The van der Waals surface area contributed by atoms with Crippen molar-refractivity contribution in [3.05, 3.63) is 34.3 Å². The van der Waals surface area contributed by atoms with Crippen LogP contribution >= 0.6 is 11.3 Å². The molecule has 2 heterocycles. The molecular formula is C11H14N4S. The van der Waals surface area contributed by atoms with Gasteiger partial charge in [0.15, 0.2) is 0 Å². The summed E-state index contributed by atoms with van der Waals surface area (Å²) in [6, 6.07) is 4.29. The number of nitrogen functional groups attached to an aromatic ring is 1. The molecule has 0 spiro atoms. The monoisotopic (exact) mass is 234 g/mol. The summed E-state index contributed by atoms with van der Waals surface area (Å²) in [5.74, 6) is 0.612. The Morgan fingerprint density at radius 1 is 1.25 bits per heavy atom. The van der Waals surface area contributed by atoms with Gasteiger partial charge in [0.25, 0.3) is 0 Å². The van der Waals surface area contributed by atoms with Gasteiger partial charge < -0.3 is 11.1 Å². The summed E-state index contributed by atoms with van der Waals surface area (Å²) in [5.41, 5.74) is 6.08. The normalized spacial score (nSPS) is 10.3. The van der Waals surface area contributed by atoms with Crippen LogP contribution in [0, 0.1) is 0 Å². The molecule has 0 atom stereocenters. The lowest BCUT2D eigenvalue weighted by molar-refractivity contribution is 1.07. The zero-order valence-corrected chi connectivity index (χ0v) is 9.92. The third-order valence-corrected chi connectivity index (χ3v) is 3.39. The van der Waals surface area contributed by atoms with Crippen molar-refractivity contribution in [1.82, 2.24) is 9.97 Å². The first-order valence-corrected chi connectivity index (χ1v) is 5.98. The molecule has 0 saturated carbocycles. The van der Waals surface area contributed by atoms with Crippen LogP contribution in [0.4, 0.5) is 11.6 Å². The Kier molecular flexibility index (Phi) is 3.36. The number of aromatic nitrogens is 2. The lowest BCUT2D eigenvalue weighted by Gasteiger charge is -2.02. The summed E-state index contributed by atoms with van der Waals surface area (Å²) in [5, 5.41) is 3.16. The highest BCUT2D eigenvalue weighted by Crippen LogP contribution is 2.17. The van der Waals surface area contributed by atoms with Crippen LogP contribution in [0.5, 0.6) is 0 Å². The Bertz CT molecular complexity index is 449. The molecule has 0 fully saturated rings. The second-order valence-corrected chi connectivity index (χ2v) is 4.67. The summed E-state index contributed by atoms with van der Waals surface area (Å²) in [7, 11) is 0. The van der Waals surface area contributed by atoms with E-state index in [1.165, 1.54) is 9.75 Å². The quantitative estimate of drug-likeness (QED) is 0.852. The molecule has 3 N–H and O–H groups in total. The van der Waals surface area contributed by atoms with Gasteiger partial charge in [0.2, 0.25) is 5.95 Å². The number of nitrogens with zero attached hydrogens (tertiary/aromatic N) is 2. The van der Waals surface area contributed by atoms with E-state index in [2.05, 4.69) is 34.3 Å². The SMILES string of the molecule is CCc1ccc(CNc2ncc(N)cn2)s1. The Labute approximate surface area is 98.6 Å². The van der Waals surface area contributed by atoms with E-state index < -0.39 is 0 Å². The van der Waals surface area contributed by atoms with Crippen molar-refractivity contribution in [3.63, 3.8) is 0 Å². The zero-order chi connectivity index (χ0) is 11.4. The predicted molar refractivity (Wildman–Crippen MR) is 67.5 cm³/mol. The van der Waals surface area contributed by atoms with Gasteiger partial charge in [0, 0.05) is 9.75 Å². The fraction of sp³-hybridized carbons (Fsp3) is 0.273. The average molecular weight is 234 g/mol. The van der Waals surface area contributed by atoms with Gasteiger partial charge >= 0.3 is 0 Å². The van der Waals surface area contributed by atoms with Gasteiger partial charge in [-0.15, -0.1) is 11.3 Å². The lowest BCUT2D eigenvalue weighted by atomic mass is 10.4. The van der Waals surface area contributed by atoms with E-state index in [1.807, 2.05) is 11.3 Å². The molecule has 2 rings (SSSR count). The van der Waals surface area contributed by atoms with Crippen molar-refractivity contribution in [2.45, 2.75) is 19.9 Å². The second-order valence-electron chi connectivity index (χ2n) is 3.42. The van der Waals surface area contributed by atoms with Crippen molar-refractivity contribution < 1.29 is 0 Å². The minimum atomic E-state index is 0.579. The Morgan fingerprint density at radius 3 is 2.56 bits per heavy atom. The van der Waals surface area contributed by atoms with Gasteiger partial charge in [-0.1, -0.05) is 6.92 Å². The molecule has 2 aromatic heterocycles. The topological polar surface area (TPSA) is 63.8 Å². The van der Waals surface area contributed by atoms with Crippen molar-refractivity contribution in [2.24, 2.45) is 0 Å². The largest absolute Gasteiger partial charge is 0.396 e. The van der Waals surface area contributed by atoms with Crippen LogP contribution in [0.1, 0.15) is 16.7 Å². The number of hydrogen-bond acceptors (Lipinski definition) is 5. The van der Waals surface area contributed by atoms with Crippen LogP contribution in [0.3, 0.4) is 0 Å². The smallest absolute Gasteiger partial charge is 0.223 e. The summed E-state index contributed by atoms with van der Waals surface area (Å²) in [6.07, 6.45) is 4.28. The molecule has 0 aliphatic carbocycles. The fourth-order valence-corrected chi connectivity index (χ4v) is 2.20. The molecule has 0 saturated heterocycles. The van der Waals surface area contributed by atoms with Crippen LogP contribution in [0.2, 0.25) is 0 Å². The van der Waals surface area contributed by atoms with Crippen molar-refractivity contribution in [3.8, 4) is 0 Å². The lowest BCUT2D eigenvalue weighted by Crippen LogP contribution is -2.02. The van der Waals surface area contributed by atoms with E-state index in [0.29, 0.717) is 11.6 Å². The van der Waals surface area contributed by atoms with Crippen LogP contribution in [0.25, 0.3) is 0 Å². The Balaban J connectivity index is 1.94. The minimum Gasteiger partial charge on any atom is -0.396 e. The van der Waals surface area contributed by atoms with E-state index in [0.717, 1.165) is 13.0 Å². The summed E-state index contributed by atoms with van der Waals surface area (Å²) < 4.78 is 0. The van der Waals surface area contributed by atoms with Crippen molar-refractivity contribution >= 4 is 23.0 Å². The molecule has 0 aliphatic heterocycles. The van der Waals surface area contributed by atoms with E-state index in [4.69, 9.17) is 5.73 Å². The number of anilines is 2. The van der Waals surface area contributed by atoms with Gasteiger partial charge in [-0.3, -0.25) is 0 Å². The Hall–Kier alpha value is -1.62. The first-order chi connectivity index (χ1) is 7.78. The standard InChI is InChI=1S/C11H14N4S/c1-2-9-3-4-10(16-9)7-15-11-13-5-8(12)6-14-11/h3-6H,2,7,12H2,1H3,(H,13,14,15). The molecule has 0 amide bonds. The molecule has 0 aliphatic rings. The maximum Gasteiger partial charge on any atom is 0.223 e. The number of rotatable bonds is 4. The van der Waals surface area contributed by atoms with E-state index in [-0.39, 0.29) is 0 Å². The molecule has 0 unspecified atom stereocenters. The molecule has 0 bridgehead atoms. The first-order valence-electron chi connectivity index (χ1n) is 5.17. The molecule has 0 radical (unpaired) electrons. The number of thiophene rings is 1. The van der Waals surface area contributed by atoms with Crippen molar-refractivity contribution in [2.75, 3.05) is 11.1 Å². The first kappa shape index (κ1) is 10.9. The highest BCUT2D eigenvalue weighted by Gasteiger charge is 1.99. The predicted octanol–water partition coefficient (Wildman–Crippen LogP) is 2.29. The summed E-state index contributed by atoms with van der Waals surface area (Å²) in [4.78, 5) is 10.8. The molecular weight excluding hydrogens is 220 g/mol. The molecule has 84 valence electrons. The van der Waals surface area contributed by atoms with Crippen LogP contribution in [-0.2, 0) is 13.0 Å². The maximum atomic E-state index is 5.50. The number of hydrogen-bond donors (Lipinski definition) is 2. The third-order valence-electron chi connectivity index (χ3n) is 2.16. The highest BCUT2D eigenvalue weighted by molar-refractivity contribution is 7.12. The van der Waals surface area contributed by atoms with E-state index in [9.17, 15) is 0 Å². The molecule has 0 aromatic carbocycles. The highest BCUT2D eigenvalue weighted by atomic mass is 32.1. The molecule has 5 heteroatoms. The zero-order valence-electron chi connectivity index (χ0n) is 9.10. The van der Waals surface area contributed by atoms with Crippen molar-refractivity contribution in [1.29, 1.82) is 0 Å². The van der Waals surface area contributed by atoms with Crippen LogP contribution in [-0.4, -0.2) is 9.97 Å². The maximum absolute atomic E-state index is 5.50. The van der Waals surface area contributed by atoms with Crippen LogP contribution < -0.4 is 11.1 Å². The van der Waals surface area contributed by atoms with E-state index in [1.54, 1.807) is 12.4 Å². The van der Waals surface area contributed by atoms with E-state index >= 15 is 0 Å². The number of nitrogens with two attached hydrogens (primary N) is 1. The average Bonchev–Trinajstić information content (AvgIpc) is 2.76. The van der Waals surface area contributed by atoms with Crippen LogP contribution in [0.15, 0.2) is 24.5 Å². The van der Waals surface area contributed by atoms with Gasteiger partial charge in [-0.25, -0.2) is 9.97 Å². The number of nitrogens with one attached hydrogen (secondary N) is 1. The molecule has 16 heavy (non-hydrogen) atoms. The van der Waals surface area contributed by atoms with Gasteiger partial charge in [-0.2, -0.15) is 0 Å². The minimum absolute atomic E-state index is 0.579. The molecule has 2 aromatic rings. The summed E-state index contributed by atoms with van der Waals surface area (Å²) in [6.45, 7) is 2.92. The van der Waals surface area contributed by atoms with Gasteiger partial charge in [0.1, 0.15) is 0 Å². The van der Waals surface area contributed by atoms with Gasteiger partial charge in [-0.05, 0) is 18.6 Å². The second kappa shape index (κ2) is 4.94. The fourth-order valence-electron chi connectivity index (χ4n) is 1.30. The summed E-state index contributed by atoms with van der Waals surface area (Å²) >= 11 is 1.81. The third kappa shape index (κ3) is 2.70. The number of aryl methyl sites for hydroxylation is 1. The Morgan fingerprint density at radius 2 is 1.94 bits per heavy atom.